The number of rotatable bonds is 3. The van der Waals surface area contributed by atoms with Crippen LogP contribution in [-0.4, -0.2) is 29.1 Å². The van der Waals surface area contributed by atoms with Gasteiger partial charge in [-0.15, -0.1) is 0 Å². The Morgan fingerprint density at radius 2 is 2.03 bits per heavy atom. The zero-order valence-electron chi connectivity index (χ0n) is 15.8. The summed E-state index contributed by atoms with van der Waals surface area (Å²) < 4.78 is 19.9. The minimum absolute atomic E-state index is 0.0119. The highest BCUT2D eigenvalue weighted by Crippen LogP contribution is 2.37. The summed E-state index contributed by atoms with van der Waals surface area (Å²) in [6.45, 7) is 3.50. The topological polar surface area (TPSA) is 83.5 Å². The molecule has 3 N–H and O–H groups in total. The molecule has 0 radical (unpaired) electrons. The average Bonchev–Trinajstić information content (AvgIpc) is 2.95. The summed E-state index contributed by atoms with van der Waals surface area (Å²) in [5.41, 5.74) is 3.39. The highest BCUT2D eigenvalue weighted by molar-refractivity contribution is 6.05. The number of anilines is 1. The molecule has 1 aromatic heterocycles. The van der Waals surface area contributed by atoms with E-state index in [-0.39, 0.29) is 11.3 Å². The number of phenols is 1. The summed E-state index contributed by atoms with van der Waals surface area (Å²) in [5, 5.41) is 16.3. The van der Waals surface area contributed by atoms with Gasteiger partial charge < -0.3 is 20.5 Å². The smallest absolute Gasteiger partial charge is 0.255 e. The molecule has 2 heterocycles. The zero-order valence-corrected chi connectivity index (χ0v) is 15.8. The fraction of sp³-hybridized carbons (Fsp3) is 0.182. The first-order valence-corrected chi connectivity index (χ1v) is 9.24. The molecule has 3 aromatic rings. The first-order valence-electron chi connectivity index (χ1n) is 9.24. The monoisotopic (exact) mass is 393 g/mol. The molecule has 0 aliphatic carbocycles. The van der Waals surface area contributed by atoms with Gasteiger partial charge in [0.1, 0.15) is 12.4 Å². The predicted octanol–water partition coefficient (Wildman–Crippen LogP) is 3.64. The Balaban J connectivity index is 1.66. The van der Waals surface area contributed by atoms with E-state index in [4.69, 9.17) is 4.74 Å². The van der Waals surface area contributed by atoms with E-state index in [0.29, 0.717) is 42.3 Å². The summed E-state index contributed by atoms with van der Waals surface area (Å²) >= 11 is 0. The second-order valence-electron chi connectivity index (χ2n) is 6.88. The second-order valence-corrected chi connectivity index (χ2v) is 6.88. The van der Waals surface area contributed by atoms with Crippen LogP contribution in [0.3, 0.4) is 0 Å². The third-order valence-corrected chi connectivity index (χ3v) is 4.65. The van der Waals surface area contributed by atoms with Crippen LogP contribution in [0.2, 0.25) is 0 Å². The van der Waals surface area contributed by atoms with Crippen LogP contribution in [0, 0.1) is 12.7 Å². The zero-order chi connectivity index (χ0) is 20.4. The molecular weight excluding hydrogens is 373 g/mol. The van der Waals surface area contributed by atoms with Crippen molar-refractivity contribution in [2.75, 3.05) is 18.5 Å². The Hall–Kier alpha value is -3.45. The summed E-state index contributed by atoms with van der Waals surface area (Å²) in [4.78, 5) is 16.7. The van der Waals surface area contributed by atoms with Crippen LogP contribution in [-0.2, 0) is 6.54 Å². The third-order valence-electron chi connectivity index (χ3n) is 4.65. The van der Waals surface area contributed by atoms with Gasteiger partial charge in [-0.3, -0.25) is 9.78 Å². The molecule has 4 rings (SSSR count). The third kappa shape index (κ3) is 4.20. The van der Waals surface area contributed by atoms with Gasteiger partial charge in [-0.05, 0) is 60.5 Å². The lowest BCUT2D eigenvalue weighted by Gasteiger charge is -2.13. The van der Waals surface area contributed by atoms with Crippen molar-refractivity contribution in [2.24, 2.45) is 0 Å². The lowest BCUT2D eigenvalue weighted by atomic mass is 9.99. The van der Waals surface area contributed by atoms with Crippen molar-refractivity contribution < 1.29 is 19.0 Å². The van der Waals surface area contributed by atoms with Crippen LogP contribution < -0.4 is 15.4 Å². The molecule has 1 amide bonds. The van der Waals surface area contributed by atoms with E-state index in [1.807, 2.05) is 13.0 Å². The summed E-state index contributed by atoms with van der Waals surface area (Å²) in [6, 6.07) is 11.0. The van der Waals surface area contributed by atoms with Crippen molar-refractivity contribution in [3.05, 3.63) is 71.3 Å². The van der Waals surface area contributed by atoms with Gasteiger partial charge in [-0.1, -0.05) is 0 Å². The number of nitrogens with one attached hydrogen (secondary N) is 2. The van der Waals surface area contributed by atoms with Crippen molar-refractivity contribution in [3.8, 4) is 22.6 Å². The van der Waals surface area contributed by atoms with Gasteiger partial charge in [-0.25, -0.2) is 4.39 Å². The Labute approximate surface area is 167 Å². The van der Waals surface area contributed by atoms with E-state index in [2.05, 4.69) is 15.6 Å². The number of aryl methyl sites for hydroxylation is 1. The van der Waals surface area contributed by atoms with Crippen LogP contribution >= 0.6 is 0 Å². The maximum atomic E-state index is 14.3. The minimum Gasteiger partial charge on any atom is -0.504 e. The number of fused-ring (bicyclic) bond motifs is 1. The van der Waals surface area contributed by atoms with Crippen LogP contribution in [0.1, 0.15) is 21.6 Å². The van der Waals surface area contributed by atoms with Crippen LogP contribution in [0.4, 0.5) is 10.1 Å². The van der Waals surface area contributed by atoms with Gasteiger partial charge in [0.2, 0.25) is 0 Å². The molecule has 0 atom stereocenters. The van der Waals surface area contributed by atoms with E-state index >= 15 is 0 Å². The normalized spacial score (nSPS) is 13.2. The molecule has 0 saturated carbocycles. The maximum absolute atomic E-state index is 14.3. The fourth-order valence-electron chi connectivity index (χ4n) is 3.22. The molecule has 0 spiro atoms. The Bertz CT molecular complexity index is 1070. The van der Waals surface area contributed by atoms with Gasteiger partial charge in [0.15, 0.2) is 11.5 Å². The van der Waals surface area contributed by atoms with Gasteiger partial charge in [0.25, 0.3) is 5.91 Å². The van der Waals surface area contributed by atoms with E-state index in [1.54, 1.807) is 24.4 Å². The van der Waals surface area contributed by atoms with E-state index in [0.717, 1.165) is 11.3 Å². The maximum Gasteiger partial charge on any atom is 0.255 e. The molecule has 1 aliphatic rings. The SMILES string of the molecule is Cc1ccc(NC(=O)c2cc(F)cc(-c3cc(O)c4c(c3)CNCCO4)c2)cn1. The quantitative estimate of drug-likeness (QED) is 0.633. The lowest BCUT2D eigenvalue weighted by Crippen LogP contribution is -2.16. The molecule has 0 bridgehead atoms. The number of aromatic hydroxyl groups is 1. The Kier molecular flexibility index (Phi) is 5.14. The number of phenolic OH excluding ortho intramolecular Hbond substituents is 1. The number of aromatic nitrogens is 1. The van der Waals surface area contributed by atoms with Crippen LogP contribution in [0.15, 0.2) is 48.7 Å². The minimum atomic E-state index is -0.543. The molecule has 0 unspecified atom stereocenters. The molecule has 0 fully saturated rings. The standard InChI is InChI=1S/C22H20FN3O3/c1-13-2-3-19(12-25-13)26-22(28)16-6-14(8-18(23)9-16)15-7-17-11-24-4-5-29-21(17)20(27)10-15/h2-3,6-10,12,24,27H,4-5,11H2,1H3,(H,26,28). The average molecular weight is 393 g/mol. The highest BCUT2D eigenvalue weighted by Gasteiger charge is 2.17. The molecule has 2 aromatic carbocycles. The number of nitrogens with zero attached hydrogens (tertiary/aromatic N) is 1. The lowest BCUT2D eigenvalue weighted by molar-refractivity contribution is 0.102. The number of ether oxygens (including phenoxy) is 1. The highest BCUT2D eigenvalue weighted by atomic mass is 19.1. The molecule has 29 heavy (non-hydrogen) atoms. The van der Waals surface area contributed by atoms with Gasteiger partial charge in [-0.2, -0.15) is 0 Å². The van der Waals surface area contributed by atoms with E-state index in [1.165, 1.54) is 18.2 Å². The van der Waals surface area contributed by atoms with Gasteiger partial charge in [0, 0.05) is 29.9 Å². The number of hydrogen-bond donors (Lipinski definition) is 3. The molecule has 0 saturated heterocycles. The first-order chi connectivity index (χ1) is 14.0. The molecule has 1 aliphatic heterocycles. The van der Waals surface area contributed by atoms with Crippen molar-refractivity contribution in [1.82, 2.24) is 10.3 Å². The fourth-order valence-corrected chi connectivity index (χ4v) is 3.22. The van der Waals surface area contributed by atoms with Gasteiger partial charge in [0.05, 0.1) is 11.9 Å². The summed E-state index contributed by atoms with van der Waals surface area (Å²) in [7, 11) is 0. The van der Waals surface area contributed by atoms with E-state index in [9.17, 15) is 14.3 Å². The molecule has 6 nitrogen and oxygen atoms in total. The number of pyridine rings is 1. The number of carbonyl (C=O) groups is 1. The number of hydrogen-bond acceptors (Lipinski definition) is 5. The van der Waals surface area contributed by atoms with E-state index < -0.39 is 11.7 Å². The largest absolute Gasteiger partial charge is 0.504 e. The van der Waals surface area contributed by atoms with Crippen LogP contribution in [0.5, 0.6) is 11.5 Å². The summed E-state index contributed by atoms with van der Waals surface area (Å²) in [6.07, 6.45) is 1.55. The van der Waals surface area contributed by atoms with Crippen molar-refractivity contribution in [2.45, 2.75) is 13.5 Å². The molecule has 7 heteroatoms. The van der Waals surface area contributed by atoms with Gasteiger partial charge >= 0.3 is 0 Å². The second kappa shape index (κ2) is 7.89. The number of carbonyl (C=O) groups excluding carboxylic acids is 1. The predicted molar refractivity (Wildman–Crippen MR) is 108 cm³/mol. The van der Waals surface area contributed by atoms with Crippen molar-refractivity contribution >= 4 is 11.6 Å². The number of halogens is 1. The molecular formula is C22H20FN3O3. The molecule has 148 valence electrons. The van der Waals surface area contributed by atoms with Crippen molar-refractivity contribution in [3.63, 3.8) is 0 Å². The Morgan fingerprint density at radius 3 is 2.83 bits per heavy atom. The first kappa shape index (κ1) is 18.9. The number of amides is 1. The summed E-state index contributed by atoms with van der Waals surface area (Å²) in [5.74, 6) is -0.568. The van der Waals surface area contributed by atoms with Crippen LogP contribution in [0.25, 0.3) is 11.1 Å². The Morgan fingerprint density at radius 1 is 1.21 bits per heavy atom. The van der Waals surface area contributed by atoms with Crippen molar-refractivity contribution in [1.29, 1.82) is 0 Å². The number of benzene rings is 2.